The van der Waals surface area contributed by atoms with Crippen molar-refractivity contribution in [3.05, 3.63) is 77.6 Å². The molecule has 39 heavy (non-hydrogen) atoms. The number of anilines is 2. The highest BCUT2D eigenvalue weighted by Gasteiger charge is 2.32. The van der Waals surface area contributed by atoms with Gasteiger partial charge in [-0.2, -0.15) is 0 Å². The lowest BCUT2D eigenvalue weighted by atomic mass is 10.0. The summed E-state index contributed by atoms with van der Waals surface area (Å²) < 4.78 is 34.1. The largest absolute Gasteiger partial charge is 0.496 e. The van der Waals surface area contributed by atoms with E-state index in [1.54, 1.807) is 57.4 Å². The molecular weight excluding hydrogens is 520 g/mol. The fourth-order valence-electron chi connectivity index (χ4n) is 4.63. The average molecular weight is 551 g/mol. The molecule has 9 nitrogen and oxygen atoms in total. The molecule has 0 fully saturated rings. The number of methoxy groups -OCH3 is 1. The highest BCUT2D eigenvalue weighted by Crippen LogP contribution is 2.36. The van der Waals surface area contributed by atoms with Crippen molar-refractivity contribution in [3.63, 3.8) is 0 Å². The minimum absolute atomic E-state index is 0.209. The molecule has 1 amide bonds. The molecule has 0 aliphatic rings. The minimum Gasteiger partial charge on any atom is -0.496 e. The number of aryl methyl sites for hydroxylation is 2. The van der Waals surface area contributed by atoms with Gasteiger partial charge < -0.3 is 19.6 Å². The maximum Gasteiger partial charge on any atom is 0.327 e. The number of ether oxygens (including phenoxy) is 1. The van der Waals surface area contributed by atoms with Crippen LogP contribution in [-0.2, 0) is 16.1 Å². The lowest BCUT2D eigenvalue weighted by Crippen LogP contribution is -2.45. The molecule has 0 saturated heterocycles. The Kier molecular flexibility index (Phi) is 8.08. The van der Waals surface area contributed by atoms with Crippen molar-refractivity contribution in [1.29, 1.82) is 0 Å². The molecule has 204 valence electrons. The van der Waals surface area contributed by atoms with Crippen LogP contribution in [-0.4, -0.2) is 38.9 Å². The van der Waals surface area contributed by atoms with Gasteiger partial charge in [0.05, 0.1) is 18.2 Å². The molecule has 3 aromatic carbocycles. The van der Waals surface area contributed by atoms with E-state index >= 15 is 0 Å². The van der Waals surface area contributed by atoms with Crippen molar-refractivity contribution in [2.75, 3.05) is 16.7 Å². The third-order valence-corrected chi connectivity index (χ3v) is 7.33. The minimum atomic E-state index is -2.51. The number of hydrogen-bond acceptors (Lipinski definition) is 5. The number of furan rings is 1. The molecule has 0 aliphatic heterocycles. The van der Waals surface area contributed by atoms with Crippen LogP contribution in [0.25, 0.3) is 22.1 Å². The summed E-state index contributed by atoms with van der Waals surface area (Å²) in [6, 6.07) is 16.4. The Balaban J connectivity index is 1.53. The predicted molar refractivity (Wildman–Crippen MR) is 152 cm³/mol. The van der Waals surface area contributed by atoms with Gasteiger partial charge in [-0.3, -0.25) is 13.7 Å². The standard InChI is InChI=1S/C29H30N2O7S/c1-16(2)25(29(33)34)31(39(35)36)22-13-9-20(10-14-22)19-7-11-21(12-8-19)30-28(32)27-18(4)24-23(38-27)15-6-17(3)26(24)37-5/h6-16,25H,1-5H3,(H,30,32)(H,33,34)(H,35,36). The van der Waals surface area contributed by atoms with Crippen LogP contribution in [0.3, 0.4) is 0 Å². The van der Waals surface area contributed by atoms with Gasteiger partial charge >= 0.3 is 5.97 Å². The van der Waals surface area contributed by atoms with Crippen molar-refractivity contribution >= 4 is 45.5 Å². The highest BCUT2D eigenvalue weighted by atomic mass is 32.2. The molecule has 2 atom stereocenters. The van der Waals surface area contributed by atoms with E-state index in [4.69, 9.17) is 9.15 Å². The van der Waals surface area contributed by atoms with Crippen LogP contribution in [0.1, 0.15) is 35.5 Å². The molecule has 10 heteroatoms. The van der Waals surface area contributed by atoms with Gasteiger partial charge in [-0.25, -0.2) is 9.00 Å². The third-order valence-electron chi connectivity index (χ3n) is 6.56. The van der Waals surface area contributed by atoms with Crippen molar-refractivity contribution in [2.45, 2.75) is 33.7 Å². The van der Waals surface area contributed by atoms with Gasteiger partial charge in [-0.15, -0.1) is 0 Å². The van der Waals surface area contributed by atoms with Gasteiger partial charge in [0, 0.05) is 11.3 Å². The molecule has 0 saturated carbocycles. The Bertz CT molecular complexity index is 1540. The van der Waals surface area contributed by atoms with Gasteiger partial charge in [0.25, 0.3) is 17.2 Å². The fourth-order valence-corrected chi connectivity index (χ4v) is 5.46. The first kappa shape index (κ1) is 27.9. The van der Waals surface area contributed by atoms with Crippen LogP contribution in [0.5, 0.6) is 5.75 Å². The number of aliphatic carboxylic acids is 1. The molecule has 0 bridgehead atoms. The number of carbonyl (C=O) groups is 2. The van der Waals surface area contributed by atoms with Gasteiger partial charge in [0.2, 0.25) is 0 Å². The summed E-state index contributed by atoms with van der Waals surface area (Å²) in [5, 5.41) is 13.2. The number of nitrogens with zero attached hydrogens (tertiary/aromatic N) is 1. The highest BCUT2D eigenvalue weighted by molar-refractivity contribution is 7.80. The van der Waals surface area contributed by atoms with Crippen LogP contribution < -0.4 is 14.4 Å². The first-order valence-electron chi connectivity index (χ1n) is 12.2. The fraction of sp³-hybridized carbons (Fsp3) is 0.241. The lowest BCUT2D eigenvalue weighted by molar-refractivity contribution is -0.139. The van der Waals surface area contributed by atoms with Crippen LogP contribution in [0, 0.1) is 19.8 Å². The summed E-state index contributed by atoms with van der Waals surface area (Å²) >= 11 is -2.51. The molecule has 0 aliphatic carbocycles. The Labute approximate surface area is 228 Å². The van der Waals surface area contributed by atoms with Crippen molar-refractivity contribution < 1.29 is 32.6 Å². The normalized spacial score (nSPS) is 12.8. The molecule has 0 spiro atoms. The number of amides is 1. The molecule has 3 N–H and O–H groups in total. The second kappa shape index (κ2) is 11.3. The van der Waals surface area contributed by atoms with Gasteiger partial charge in [0.1, 0.15) is 17.4 Å². The first-order valence-corrected chi connectivity index (χ1v) is 13.3. The number of benzene rings is 3. The second-order valence-corrected chi connectivity index (χ2v) is 10.4. The van der Waals surface area contributed by atoms with Crippen molar-refractivity contribution in [3.8, 4) is 16.9 Å². The summed E-state index contributed by atoms with van der Waals surface area (Å²) in [6.07, 6.45) is 0. The lowest BCUT2D eigenvalue weighted by Gasteiger charge is -2.29. The zero-order chi connectivity index (χ0) is 28.4. The number of fused-ring (bicyclic) bond motifs is 1. The smallest absolute Gasteiger partial charge is 0.327 e. The molecule has 1 heterocycles. The van der Waals surface area contributed by atoms with Crippen LogP contribution in [0.4, 0.5) is 11.4 Å². The van der Waals surface area contributed by atoms with Crippen molar-refractivity contribution in [2.24, 2.45) is 5.92 Å². The van der Waals surface area contributed by atoms with E-state index in [-0.39, 0.29) is 11.7 Å². The second-order valence-electron chi connectivity index (χ2n) is 9.51. The number of hydrogen-bond donors (Lipinski definition) is 3. The number of nitrogens with one attached hydrogen (secondary N) is 1. The van der Waals surface area contributed by atoms with E-state index in [0.717, 1.165) is 26.4 Å². The Hall–Kier alpha value is -4.15. The van der Waals surface area contributed by atoms with Crippen molar-refractivity contribution in [1.82, 2.24) is 0 Å². The number of carboxylic acids is 1. The Morgan fingerprint density at radius 2 is 1.56 bits per heavy atom. The van der Waals surface area contributed by atoms with Gasteiger partial charge in [-0.05, 0) is 66.8 Å². The third kappa shape index (κ3) is 5.52. The van der Waals surface area contributed by atoms with Gasteiger partial charge in [-0.1, -0.05) is 44.2 Å². The maximum absolute atomic E-state index is 13.0. The zero-order valence-electron chi connectivity index (χ0n) is 22.2. The monoisotopic (exact) mass is 550 g/mol. The number of rotatable bonds is 9. The number of carboxylic acid groups (broad SMARTS) is 1. The average Bonchev–Trinajstić information content (AvgIpc) is 3.23. The summed E-state index contributed by atoms with van der Waals surface area (Å²) in [5.74, 6) is -1.06. The topological polar surface area (TPSA) is 129 Å². The van der Waals surface area contributed by atoms with Crippen LogP contribution in [0.2, 0.25) is 0 Å². The predicted octanol–water partition coefficient (Wildman–Crippen LogP) is 6.03. The van der Waals surface area contributed by atoms with E-state index < -0.39 is 29.2 Å². The zero-order valence-corrected chi connectivity index (χ0v) is 23.0. The Morgan fingerprint density at radius 3 is 2.08 bits per heavy atom. The quantitative estimate of drug-likeness (QED) is 0.217. The van der Waals surface area contributed by atoms with Crippen LogP contribution >= 0.6 is 0 Å². The maximum atomic E-state index is 13.0. The van der Waals surface area contributed by atoms with E-state index in [1.165, 1.54) is 0 Å². The SMILES string of the molecule is COc1c(C)ccc2oc(C(=O)Nc3ccc(-c4ccc(N(C(C(=O)O)C(C)C)S(=O)O)cc4)cc3)c(C)c12. The summed E-state index contributed by atoms with van der Waals surface area (Å²) in [6.45, 7) is 7.12. The summed E-state index contributed by atoms with van der Waals surface area (Å²) in [7, 11) is 1.59. The van der Waals surface area contributed by atoms with E-state index in [1.807, 2.05) is 38.1 Å². The van der Waals surface area contributed by atoms with Gasteiger partial charge in [0.15, 0.2) is 5.76 Å². The van der Waals surface area contributed by atoms with E-state index in [9.17, 15) is 23.5 Å². The molecule has 2 unspecified atom stereocenters. The number of carbonyl (C=O) groups excluding carboxylic acids is 1. The first-order chi connectivity index (χ1) is 18.5. The molecular formula is C29H30N2O7S. The molecule has 0 radical (unpaired) electrons. The van der Waals surface area contributed by atoms with E-state index in [2.05, 4.69) is 5.32 Å². The van der Waals surface area contributed by atoms with Crippen LogP contribution in [0.15, 0.2) is 65.1 Å². The molecule has 1 aromatic heterocycles. The summed E-state index contributed by atoms with van der Waals surface area (Å²) in [5.41, 5.74) is 4.76. The van der Waals surface area contributed by atoms with E-state index in [0.29, 0.717) is 28.3 Å². The summed E-state index contributed by atoms with van der Waals surface area (Å²) in [4.78, 5) is 24.7. The Morgan fingerprint density at radius 1 is 0.974 bits per heavy atom. The molecule has 4 rings (SSSR count). The molecule has 4 aromatic rings.